The minimum absolute atomic E-state index is 0.189. The lowest BCUT2D eigenvalue weighted by molar-refractivity contribution is 0.0953. The number of hydrogen-bond donors (Lipinski definition) is 2. The van der Waals surface area contributed by atoms with Crippen molar-refractivity contribution in [1.29, 1.82) is 0 Å². The summed E-state index contributed by atoms with van der Waals surface area (Å²) in [6.07, 6.45) is 2.02. The van der Waals surface area contributed by atoms with E-state index in [2.05, 4.69) is 20.5 Å². The van der Waals surface area contributed by atoms with Gasteiger partial charge in [-0.1, -0.05) is 29.5 Å². The normalized spacial score (nSPS) is 11.0. The number of hydrogen-bond acceptors (Lipinski definition) is 6. The fraction of sp³-hybridized carbons (Fsp3) is 0.190. The van der Waals surface area contributed by atoms with Crippen LogP contribution in [0.5, 0.6) is 0 Å². The number of aromatic amines is 1. The van der Waals surface area contributed by atoms with E-state index in [1.54, 1.807) is 6.20 Å². The zero-order valence-electron chi connectivity index (χ0n) is 16.2. The zero-order valence-corrected chi connectivity index (χ0v) is 17.0. The molecular formula is C21H19N5O3S. The van der Waals surface area contributed by atoms with Crippen LogP contribution in [0, 0.1) is 6.92 Å². The summed E-state index contributed by atoms with van der Waals surface area (Å²) in [4.78, 5) is 40.3. The highest BCUT2D eigenvalue weighted by atomic mass is 32.1. The van der Waals surface area contributed by atoms with Crippen LogP contribution < -0.4 is 15.7 Å². The summed E-state index contributed by atoms with van der Waals surface area (Å²) in [7, 11) is 0. The van der Waals surface area contributed by atoms with Crippen molar-refractivity contribution in [3.63, 3.8) is 0 Å². The molecule has 0 aliphatic carbocycles. The number of nitrogens with zero attached hydrogens (tertiary/aromatic N) is 3. The Bertz CT molecular complexity index is 1340. The number of aromatic nitrogens is 4. The van der Waals surface area contributed by atoms with Gasteiger partial charge in [0.15, 0.2) is 0 Å². The van der Waals surface area contributed by atoms with Crippen molar-refractivity contribution in [2.75, 3.05) is 6.54 Å². The first-order valence-corrected chi connectivity index (χ1v) is 10.2. The number of carbonyl (C=O) groups is 1. The number of rotatable bonds is 6. The molecule has 1 aromatic carbocycles. The van der Waals surface area contributed by atoms with Gasteiger partial charge in [0, 0.05) is 36.3 Å². The Balaban J connectivity index is 1.53. The van der Waals surface area contributed by atoms with Crippen molar-refractivity contribution >= 4 is 28.1 Å². The molecule has 0 saturated heterocycles. The van der Waals surface area contributed by atoms with Gasteiger partial charge in [0.25, 0.3) is 11.5 Å². The largest absolute Gasteiger partial charge is 0.352 e. The van der Waals surface area contributed by atoms with Gasteiger partial charge in [-0.15, -0.1) is 0 Å². The fourth-order valence-corrected chi connectivity index (χ4v) is 3.85. The number of benzene rings is 1. The Morgan fingerprint density at radius 1 is 1.20 bits per heavy atom. The topological polar surface area (TPSA) is 110 Å². The maximum atomic E-state index is 12.5. The molecule has 2 N–H and O–H groups in total. The van der Waals surface area contributed by atoms with E-state index in [1.807, 2.05) is 37.3 Å². The summed E-state index contributed by atoms with van der Waals surface area (Å²) in [6, 6.07) is 12.6. The van der Waals surface area contributed by atoms with E-state index in [4.69, 9.17) is 0 Å². The Hall–Kier alpha value is -3.59. The minimum Gasteiger partial charge on any atom is -0.352 e. The van der Waals surface area contributed by atoms with Crippen molar-refractivity contribution in [2.45, 2.75) is 19.9 Å². The van der Waals surface area contributed by atoms with Crippen LogP contribution in [0.15, 0.2) is 58.3 Å². The molecule has 3 heterocycles. The number of aryl methyl sites for hydroxylation is 1. The van der Waals surface area contributed by atoms with Gasteiger partial charge in [0.1, 0.15) is 5.01 Å². The molecule has 0 radical (unpaired) electrons. The molecule has 3 aromatic heterocycles. The molecule has 0 saturated carbocycles. The molecule has 0 atom stereocenters. The average Bonchev–Trinajstić information content (AvgIpc) is 3.14. The molecule has 30 heavy (non-hydrogen) atoms. The van der Waals surface area contributed by atoms with E-state index < -0.39 is 0 Å². The Kier molecular flexibility index (Phi) is 5.53. The van der Waals surface area contributed by atoms with E-state index >= 15 is 0 Å². The van der Waals surface area contributed by atoms with Gasteiger partial charge in [-0.05, 0) is 30.7 Å². The number of pyridine rings is 2. The van der Waals surface area contributed by atoms with Gasteiger partial charge < -0.3 is 9.88 Å². The van der Waals surface area contributed by atoms with Crippen molar-refractivity contribution in [1.82, 2.24) is 25.1 Å². The lowest BCUT2D eigenvalue weighted by Gasteiger charge is -2.11. The van der Waals surface area contributed by atoms with E-state index in [-0.39, 0.29) is 16.3 Å². The van der Waals surface area contributed by atoms with Crippen molar-refractivity contribution in [2.24, 2.45) is 0 Å². The average molecular weight is 421 g/mol. The monoisotopic (exact) mass is 421 g/mol. The first-order chi connectivity index (χ1) is 14.5. The highest BCUT2D eigenvalue weighted by Crippen LogP contribution is 2.19. The first-order valence-electron chi connectivity index (χ1n) is 9.38. The predicted molar refractivity (Wildman–Crippen MR) is 115 cm³/mol. The molecule has 9 heteroatoms. The van der Waals surface area contributed by atoms with Crippen molar-refractivity contribution in [3.8, 4) is 0 Å². The summed E-state index contributed by atoms with van der Waals surface area (Å²) in [5.41, 5.74) is 2.90. The lowest BCUT2D eigenvalue weighted by atomic mass is 10.1. The standard InChI is InChI=1S/C21H19N5O3S/c1-13-10-15(16-4-2-3-5-17(16)23-13)12-26-11-14(6-7-19(26)27)20(28)22-9-8-18-24-25-21(29)30-18/h2-7,10-11H,8-9,12H2,1H3,(H,22,28)(H,25,29). The van der Waals surface area contributed by atoms with Gasteiger partial charge in [0.2, 0.25) is 0 Å². The summed E-state index contributed by atoms with van der Waals surface area (Å²) in [6.45, 7) is 2.59. The van der Waals surface area contributed by atoms with Crippen LogP contribution in [-0.4, -0.2) is 32.2 Å². The molecule has 4 rings (SSSR count). The number of amides is 1. The third-order valence-electron chi connectivity index (χ3n) is 4.62. The molecule has 0 fully saturated rings. The SMILES string of the molecule is Cc1cc(Cn2cc(C(=O)NCCc3n[nH]c(=O)s3)ccc2=O)c2ccccc2n1. The third-order valence-corrected chi connectivity index (χ3v) is 5.43. The molecular weight excluding hydrogens is 402 g/mol. The molecule has 0 aliphatic rings. The van der Waals surface area contributed by atoms with Crippen LogP contribution >= 0.6 is 11.3 Å². The summed E-state index contributed by atoms with van der Waals surface area (Å²) in [5, 5.41) is 10.6. The summed E-state index contributed by atoms with van der Waals surface area (Å²) < 4.78 is 1.52. The van der Waals surface area contributed by atoms with Gasteiger partial charge in [-0.3, -0.25) is 19.4 Å². The first kappa shape index (κ1) is 19.7. The number of nitrogens with one attached hydrogen (secondary N) is 2. The number of carbonyl (C=O) groups excluding carboxylic acids is 1. The van der Waals surface area contributed by atoms with Crippen LogP contribution in [0.3, 0.4) is 0 Å². The van der Waals surface area contributed by atoms with Crippen LogP contribution in [-0.2, 0) is 13.0 Å². The van der Waals surface area contributed by atoms with E-state index in [1.165, 1.54) is 16.7 Å². The Morgan fingerprint density at radius 2 is 2.03 bits per heavy atom. The number of para-hydroxylation sites is 1. The minimum atomic E-state index is -0.289. The van der Waals surface area contributed by atoms with Gasteiger partial charge >= 0.3 is 4.87 Å². The van der Waals surface area contributed by atoms with Gasteiger partial charge in [-0.2, -0.15) is 5.10 Å². The van der Waals surface area contributed by atoms with Crippen LogP contribution in [0.25, 0.3) is 10.9 Å². The molecule has 1 amide bonds. The third kappa shape index (κ3) is 4.36. The molecule has 0 spiro atoms. The molecule has 0 aliphatic heterocycles. The second kappa shape index (κ2) is 8.42. The number of fused-ring (bicyclic) bond motifs is 1. The van der Waals surface area contributed by atoms with E-state index in [9.17, 15) is 14.4 Å². The van der Waals surface area contributed by atoms with Gasteiger partial charge in [-0.25, -0.2) is 5.10 Å². The van der Waals surface area contributed by atoms with Crippen LogP contribution in [0.4, 0.5) is 0 Å². The fourth-order valence-electron chi connectivity index (χ4n) is 3.25. The molecule has 0 unspecified atom stereocenters. The number of H-pyrrole nitrogens is 1. The molecule has 4 aromatic rings. The summed E-state index contributed by atoms with van der Waals surface area (Å²) in [5.74, 6) is -0.289. The summed E-state index contributed by atoms with van der Waals surface area (Å²) >= 11 is 1.02. The molecule has 8 nitrogen and oxygen atoms in total. The van der Waals surface area contributed by atoms with E-state index in [0.29, 0.717) is 30.1 Å². The maximum Gasteiger partial charge on any atom is 0.322 e. The zero-order chi connectivity index (χ0) is 21.1. The quantitative estimate of drug-likeness (QED) is 0.494. The highest BCUT2D eigenvalue weighted by molar-refractivity contribution is 7.08. The van der Waals surface area contributed by atoms with Crippen molar-refractivity contribution < 1.29 is 4.79 Å². The second-order valence-electron chi connectivity index (χ2n) is 6.84. The Morgan fingerprint density at radius 3 is 2.83 bits per heavy atom. The molecule has 152 valence electrons. The predicted octanol–water partition coefficient (Wildman–Crippen LogP) is 1.87. The smallest absolute Gasteiger partial charge is 0.322 e. The van der Waals surface area contributed by atoms with Crippen LogP contribution in [0.1, 0.15) is 26.6 Å². The lowest BCUT2D eigenvalue weighted by Crippen LogP contribution is -2.28. The highest BCUT2D eigenvalue weighted by Gasteiger charge is 2.10. The van der Waals surface area contributed by atoms with E-state index in [0.717, 1.165) is 33.5 Å². The Labute approximate surface area is 175 Å². The van der Waals surface area contributed by atoms with Gasteiger partial charge in [0.05, 0.1) is 17.6 Å². The van der Waals surface area contributed by atoms with Crippen molar-refractivity contribution in [3.05, 3.63) is 90.5 Å². The molecule has 0 bridgehead atoms. The van der Waals surface area contributed by atoms with Crippen LogP contribution in [0.2, 0.25) is 0 Å². The second-order valence-corrected chi connectivity index (χ2v) is 7.88. The maximum absolute atomic E-state index is 12.5.